The standard InChI is InChI=1S/C15H15N3O/c1-11(12-3-5-15(19-2)6-4-12)18-13-7-8-17-14(9-13)10-16/h3-9,11H,1-2H3,(H,17,18). The number of hydrogen-bond donors (Lipinski definition) is 1. The van der Waals surface area contributed by atoms with Crippen LogP contribution >= 0.6 is 0 Å². The minimum Gasteiger partial charge on any atom is -0.497 e. The van der Waals surface area contributed by atoms with Crippen molar-refractivity contribution in [3.63, 3.8) is 0 Å². The Morgan fingerprint density at radius 1 is 1.26 bits per heavy atom. The van der Waals surface area contributed by atoms with E-state index in [0.29, 0.717) is 5.69 Å². The SMILES string of the molecule is COc1ccc(C(C)Nc2ccnc(C#N)c2)cc1. The predicted octanol–water partition coefficient (Wildman–Crippen LogP) is 3.13. The van der Waals surface area contributed by atoms with Crippen LogP contribution in [-0.2, 0) is 0 Å². The van der Waals surface area contributed by atoms with Gasteiger partial charge in [0.15, 0.2) is 0 Å². The van der Waals surface area contributed by atoms with Crippen LogP contribution < -0.4 is 10.1 Å². The molecule has 19 heavy (non-hydrogen) atoms. The molecular formula is C15H15N3O. The van der Waals surface area contributed by atoms with Crippen molar-refractivity contribution in [3.05, 3.63) is 53.9 Å². The summed E-state index contributed by atoms with van der Waals surface area (Å²) in [7, 11) is 1.65. The molecule has 0 saturated heterocycles. The van der Waals surface area contributed by atoms with Crippen molar-refractivity contribution in [2.24, 2.45) is 0 Å². The van der Waals surface area contributed by atoms with E-state index in [4.69, 9.17) is 10.00 Å². The molecule has 1 N–H and O–H groups in total. The number of aromatic nitrogens is 1. The lowest BCUT2D eigenvalue weighted by atomic mass is 10.1. The molecule has 0 aliphatic rings. The van der Waals surface area contributed by atoms with Gasteiger partial charge in [-0.3, -0.25) is 0 Å². The van der Waals surface area contributed by atoms with Crippen molar-refractivity contribution in [1.82, 2.24) is 4.98 Å². The zero-order chi connectivity index (χ0) is 13.7. The quantitative estimate of drug-likeness (QED) is 0.909. The van der Waals surface area contributed by atoms with E-state index in [-0.39, 0.29) is 6.04 Å². The summed E-state index contributed by atoms with van der Waals surface area (Å²) in [5.74, 6) is 0.839. The molecule has 0 amide bonds. The molecule has 1 aromatic heterocycles. The number of ether oxygens (including phenoxy) is 1. The number of nitrogens with zero attached hydrogens (tertiary/aromatic N) is 2. The van der Waals surface area contributed by atoms with Crippen LogP contribution in [0.3, 0.4) is 0 Å². The zero-order valence-electron chi connectivity index (χ0n) is 10.9. The fraction of sp³-hybridized carbons (Fsp3) is 0.200. The molecule has 2 rings (SSSR count). The number of nitrogens with one attached hydrogen (secondary N) is 1. The number of rotatable bonds is 4. The van der Waals surface area contributed by atoms with Crippen molar-refractivity contribution in [1.29, 1.82) is 5.26 Å². The normalized spacial score (nSPS) is 11.4. The van der Waals surface area contributed by atoms with Crippen molar-refractivity contribution < 1.29 is 4.74 Å². The molecule has 0 aliphatic heterocycles. The molecule has 96 valence electrons. The summed E-state index contributed by atoms with van der Waals surface area (Å²) in [6.45, 7) is 2.06. The van der Waals surface area contributed by atoms with E-state index in [2.05, 4.69) is 17.2 Å². The van der Waals surface area contributed by atoms with Crippen LogP contribution in [0.4, 0.5) is 5.69 Å². The molecule has 0 aliphatic carbocycles. The first kappa shape index (κ1) is 12.9. The lowest BCUT2D eigenvalue weighted by Gasteiger charge is -2.16. The monoisotopic (exact) mass is 253 g/mol. The molecule has 0 saturated carbocycles. The van der Waals surface area contributed by atoms with Gasteiger partial charge in [0.05, 0.1) is 7.11 Å². The highest BCUT2D eigenvalue weighted by molar-refractivity contribution is 5.48. The van der Waals surface area contributed by atoms with Gasteiger partial charge in [-0.05, 0) is 36.8 Å². The summed E-state index contributed by atoms with van der Waals surface area (Å²) >= 11 is 0. The third-order valence-electron chi connectivity index (χ3n) is 2.87. The third-order valence-corrected chi connectivity index (χ3v) is 2.87. The van der Waals surface area contributed by atoms with Crippen LogP contribution in [0, 0.1) is 11.3 Å². The number of hydrogen-bond acceptors (Lipinski definition) is 4. The van der Waals surface area contributed by atoms with Gasteiger partial charge in [-0.2, -0.15) is 5.26 Å². The number of pyridine rings is 1. The van der Waals surface area contributed by atoms with Gasteiger partial charge in [0.25, 0.3) is 0 Å². The molecule has 1 heterocycles. The summed E-state index contributed by atoms with van der Waals surface area (Å²) in [6, 6.07) is 13.6. The Bertz CT molecular complexity index is 587. The van der Waals surface area contributed by atoms with Crippen LogP contribution in [0.2, 0.25) is 0 Å². The van der Waals surface area contributed by atoms with Crippen LogP contribution in [0.5, 0.6) is 5.75 Å². The first-order chi connectivity index (χ1) is 9.22. The fourth-order valence-electron chi connectivity index (χ4n) is 1.81. The first-order valence-corrected chi connectivity index (χ1v) is 5.99. The van der Waals surface area contributed by atoms with Gasteiger partial charge >= 0.3 is 0 Å². The number of anilines is 1. The van der Waals surface area contributed by atoms with Crippen molar-refractivity contribution in [3.8, 4) is 11.8 Å². The second-order valence-electron chi connectivity index (χ2n) is 4.18. The van der Waals surface area contributed by atoms with Crippen LogP contribution in [0.25, 0.3) is 0 Å². The molecule has 0 fully saturated rings. The van der Waals surface area contributed by atoms with Gasteiger partial charge in [-0.25, -0.2) is 4.98 Å². The Morgan fingerprint density at radius 2 is 2.00 bits per heavy atom. The number of nitriles is 1. The highest BCUT2D eigenvalue weighted by atomic mass is 16.5. The maximum Gasteiger partial charge on any atom is 0.142 e. The maximum absolute atomic E-state index is 8.82. The van der Waals surface area contributed by atoms with Gasteiger partial charge in [0.2, 0.25) is 0 Å². The van der Waals surface area contributed by atoms with Crippen molar-refractivity contribution in [2.75, 3.05) is 12.4 Å². The van der Waals surface area contributed by atoms with Crippen molar-refractivity contribution in [2.45, 2.75) is 13.0 Å². The van der Waals surface area contributed by atoms with Gasteiger partial charge in [0, 0.05) is 17.9 Å². The summed E-state index contributed by atoms with van der Waals surface area (Å²) in [5, 5.41) is 12.2. The smallest absolute Gasteiger partial charge is 0.142 e. The van der Waals surface area contributed by atoms with E-state index >= 15 is 0 Å². The van der Waals surface area contributed by atoms with E-state index in [0.717, 1.165) is 17.0 Å². The van der Waals surface area contributed by atoms with E-state index in [1.807, 2.05) is 36.4 Å². The predicted molar refractivity (Wildman–Crippen MR) is 74.0 cm³/mol. The molecule has 1 aromatic carbocycles. The summed E-state index contributed by atoms with van der Waals surface area (Å²) in [6.07, 6.45) is 1.63. The average molecular weight is 253 g/mol. The van der Waals surface area contributed by atoms with E-state index < -0.39 is 0 Å². The zero-order valence-corrected chi connectivity index (χ0v) is 10.9. The summed E-state index contributed by atoms with van der Waals surface area (Å²) in [4.78, 5) is 3.94. The van der Waals surface area contributed by atoms with Gasteiger partial charge in [0.1, 0.15) is 17.5 Å². The summed E-state index contributed by atoms with van der Waals surface area (Å²) in [5.41, 5.74) is 2.44. The third kappa shape index (κ3) is 3.23. The Labute approximate surface area is 112 Å². The lowest BCUT2D eigenvalue weighted by Crippen LogP contribution is -2.06. The highest BCUT2D eigenvalue weighted by Crippen LogP contribution is 2.21. The second kappa shape index (κ2) is 5.87. The van der Waals surface area contributed by atoms with E-state index in [1.54, 1.807) is 19.4 Å². The minimum absolute atomic E-state index is 0.139. The first-order valence-electron chi connectivity index (χ1n) is 5.99. The molecule has 1 unspecified atom stereocenters. The van der Waals surface area contributed by atoms with Crippen LogP contribution in [0.15, 0.2) is 42.6 Å². The number of benzene rings is 1. The number of methoxy groups -OCH3 is 1. The fourth-order valence-corrected chi connectivity index (χ4v) is 1.81. The van der Waals surface area contributed by atoms with Gasteiger partial charge in [-0.1, -0.05) is 12.1 Å². The van der Waals surface area contributed by atoms with Crippen LogP contribution in [0.1, 0.15) is 24.2 Å². The van der Waals surface area contributed by atoms with Crippen LogP contribution in [-0.4, -0.2) is 12.1 Å². The molecular weight excluding hydrogens is 238 g/mol. The lowest BCUT2D eigenvalue weighted by molar-refractivity contribution is 0.414. The van der Waals surface area contributed by atoms with E-state index in [1.165, 1.54) is 0 Å². The van der Waals surface area contributed by atoms with Crippen molar-refractivity contribution >= 4 is 5.69 Å². The summed E-state index contributed by atoms with van der Waals surface area (Å²) < 4.78 is 5.13. The molecule has 1 atom stereocenters. The largest absolute Gasteiger partial charge is 0.497 e. The Balaban J connectivity index is 2.11. The molecule has 0 radical (unpaired) electrons. The molecule has 0 bridgehead atoms. The minimum atomic E-state index is 0.139. The Hall–Kier alpha value is -2.54. The van der Waals surface area contributed by atoms with E-state index in [9.17, 15) is 0 Å². The molecule has 4 heteroatoms. The Kier molecular flexibility index (Phi) is 3.99. The maximum atomic E-state index is 8.82. The topological polar surface area (TPSA) is 57.9 Å². The highest BCUT2D eigenvalue weighted by Gasteiger charge is 2.06. The molecule has 0 spiro atoms. The molecule has 2 aromatic rings. The average Bonchev–Trinajstić information content (AvgIpc) is 2.47. The van der Waals surface area contributed by atoms with Gasteiger partial charge < -0.3 is 10.1 Å². The molecule has 4 nitrogen and oxygen atoms in total. The Morgan fingerprint density at radius 3 is 2.63 bits per heavy atom. The van der Waals surface area contributed by atoms with Gasteiger partial charge in [-0.15, -0.1) is 0 Å². The second-order valence-corrected chi connectivity index (χ2v) is 4.18.